The Bertz CT molecular complexity index is 1350. The predicted molar refractivity (Wildman–Crippen MR) is 127 cm³/mol. The van der Waals surface area contributed by atoms with Crippen molar-refractivity contribution in [1.29, 1.82) is 0 Å². The van der Waals surface area contributed by atoms with Gasteiger partial charge in [0.15, 0.2) is 0 Å². The minimum Gasteiger partial charge on any atom is -0.497 e. The molecule has 0 atom stereocenters. The van der Waals surface area contributed by atoms with Crippen LogP contribution in [0.5, 0.6) is 11.5 Å². The molecule has 0 bridgehead atoms. The van der Waals surface area contributed by atoms with Gasteiger partial charge in [-0.25, -0.2) is 9.07 Å². The van der Waals surface area contributed by atoms with Crippen molar-refractivity contribution in [2.45, 2.75) is 13.0 Å². The van der Waals surface area contributed by atoms with Crippen LogP contribution in [0.3, 0.4) is 0 Å². The Morgan fingerprint density at radius 1 is 0.941 bits per heavy atom. The highest BCUT2D eigenvalue weighted by Gasteiger charge is 2.26. The number of nitrogens with zero attached hydrogens (tertiary/aromatic N) is 3. The van der Waals surface area contributed by atoms with Crippen LogP contribution in [0.25, 0.3) is 16.9 Å². The third kappa shape index (κ3) is 4.01. The molecule has 7 heteroatoms. The molecule has 0 saturated carbocycles. The first-order valence-electron chi connectivity index (χ1n) is 11.0. The Balaban J connectivity index is 1.58. The Morgan fingerprint density at radius 3 is 2.44 bits per heavy atom. The van der Waals surface area contributed by atoms with Crippen LogP contribution in [0.4, 0.5) is 4.39 Å². The molecule has 1 aliphatic rings. The summed E-state index contributed by atoms with van der Waals surface area (Å²) >= 11 is 0. The summed E-state index contributed by atoms with van der Waals surface area (Å²) in [7, 11) is 3.16. The summed E-state index contributed by atoms with van der Waals surface area (Å²) in [6, 6.07) is 21.3. The highest BCUT2D eigenvalue weighted by atomic mass is 19.1. The lowest BCUT2D eigenvalue weighted by Gasteiger charge is -2.29. The number of fused-ring (bicyclic) bond motifs is 1. The normalized spacial score (nSPS) is 12.9. The van der Waals surface area contributed by atoms with Crippen LogP contribution in [0.2, 0.25) is 0 Å². The van der Waals surface area contributed by atoms with Crippen LogP contribution in [-0.4, -0.2) is 41.4 Å². The maximum Gasteiger partial charge on any atom is 0.272 e. The first kappa shape index (κ1) is 21.7. The number of amides is 1. The number of carbonyl (C=O) groups excluding carboxylic acids is 1. The molecule has 0 aliphatic carbocycles. The minimum absolute atomic E-state index is 0.134. The summed E-state index contributed by atoms with van der Waals surface area (Å²) in [4.78, 5) is 15.5. The van der Waals surface area contributed by atoms with E-state index >= 15 is 0 Å². The average molecular weight is 458 g/mol. The number of ether oxygens (including phenoxy) is 2. The monoisotopic (exact) mass is 457 g/mol. The van der Waals surface area contributed by atoms with Gasteiger partial charge in [-0.05, 0) is 60.0 Å². The Kier molecular flexibility index (Phi) is 5.76. The van der Waals surface area contributed by atoms with Crippen molar-refractivity contribution >= 4 is 5.91 Å². The Hall–Kier alpha value is -4.13. The van der Waals surface area contributed by atoms with Crippen LogP contribution in [-0.2, 0) is 13.0 Å². The molecule has 4 aromatic rings. The second-order valence-electron chi connectivity index (χ2n) is 8.11. The first-order chi connectivity index (χ1) is 16.6. The van der Waals surface area contributed by atoms with E-state index in [2.05, 4.69) is 12.1 Å². The van der Waals surface area contributed by atoms with Gasteiger partial charge in [0, 0.05) is 24.7 Å². The van der Waals surface area contributed by atoms with Gasteiger partial charge in [0.05, 0.1) is 25.6 Å². The van der Waals surface area contributed by atoms with Gasteiger partial charge >= 0.3 is 0 Å². The summed E-state index contributed by atoms with van der Waals surface area (Å²) in [5.41, 5.74) is 4.71. The molecular formula is C27H24FN3O3. The van der Waals surface area contributed by atoms with E-state index in [1.54, 1.807) is 43.2 Å². The largest absolute Gasteiger partial charge is 0.497 e. The number of methoxy groups -OCH3 is 2. The molecule has 1 amide bonds. The van der Waals surface area contributed by atoms with Gasteiger partial charge in [-0.15, -0.1) is 0 Å². The van der Waals surface area contributed by atoms with Crippen molar-refractivity contribution in [1.82, 2.24) is 14.7 Å². The van der Waals surface area contributed by atoms with E-state index in [-0.39, 0.29) is 11.7 Å². The van der Waals surface area contributed by atoms with E-state index in [4.69, 9.17) is 14.6 Å². The van der Waals surface area contributed by atoms with Gasteiger partial charge in [0.2, 0.25) is 0 Å². The van der Waals surface area contributed by atoms with Crippen LogP contribution >= 0.6 is 0 Å². The number of benzene rings is 3. The number of carbonyl (C=O) groups is 1. The molecule has 1 aromatic heterocycles. The molecule has 0 saturated heterocycles. The van der Waals surface area contributed by atoms with Gasteiger partial charge in [-0.2, -0.15) is 5.10 Å². The lowest BCUT2D eigenvalue weighted by Crippen LogP contribution is -2.37. The highest BCUT2D eigenvalue weighted by Crippen LogP contribution is 2.34. The van der Waals surface area contributed by atoms with Gasteiger partial charge < -0.3 is 14.4 Å². The Morgan fingerprint density at radius 2 is 1.71 bits per heavy atom. The molecule has 0 spiro atoms. The van der Waals surface area contributed by atoms with E-state index in [9.17, 15) is 9.18 Å². The molecule has 0 fully saturated rings. The number of hydrogen-bond acceptors (Lipinski definition) is 4. The maximum atomic E-state index is 13.7. The zero-order valence-electron chi connectivity index (χ0n) is 19.0. The number of hydrogen-bond donors (Lipinski definition) is 0. The van der Waals surface area contributed by atoms with E-state index in [0.717, 1.165) is 17.5 Å². The van der Waals surface area contributed by atoms with Crippen LogP contribution in [0.15, 0.2) is 72.8 Å². The summed E-state index contributed by atoms with van der Waals surface area (Å²) in [6.07, 6.45) is 0.797. The van der Waals surface area contributed by atoms with Crippen molar-refractivity contribution in [2.24, 2.45) is 0 Å². The topological polar surface area (TPSA) is 56.6 Å². The zero-order valence-corrected chi connectivity index (χ0v) is 19.0. The molecule has 0 unspecified atom stereocenters. The summed E-state index contributed by atoms with van der Waals surface area (Å²) in [5.74, 6) is 0.745. The lowest BCUT2D eigenvalue weighted by molar-refractivity contribution is 0.0725. The maximum absolute atomic E-state index is 13.7. The fourth-order valence-corrected chi connectivity index (χ4v) is 4.29. The van der Waals surface area contributed by atoms with Crippen LogP contribution < -0.4 is 9.47 Å². The summed E-state index contributed by atoms with van der Waals surface area (Å²) in [5, 5.41) is 4.73. The van der Waals surface area contributed by atoms with E-state index in [1.165, 1.54) is 17.7 Å². The van der Waals surface area contributed by atoms with E-state index in [1.807, 2.05) is 29.2 Å². The lowest BCUT2D eigenvalue weighted by atomic mass is 9.99. The average Bonchev–Trinajstić information content (AvgIpc) is 3.33. The molecule has 0 radical (unpaired) electrons. The first-order valence-corrected chi connectivity index (χ1v) is 11.0. The minimum atomic E-state index is -0.353. The molecule has 2 heterocycles. The second-order valence-corrected chi connectivity index (χ2v) is 8.11. The SMILES string of the molecule is COc1ccc(-c2cc(C(=O)N3CCc4ccccc4C3)n(-c3ccc(F)cc3)n2)c(OC)c1. The smallest absolute Gasteiger partial charge is 0.272 e. The van der Waals surface area contributed by atoms with Crippen molar-refractivity contribution in [3.05, 3.63) is 95.4 Å². The Labute approximate surface area is 197 Å². The van der Waals surface area contributed by atoms with E-state index in [0.29, 0.717) is 41.7 Å². The standard InChI is InChI=1S/C27H24FN3O3/c1-33-22-11-12-23(26(15-22)34-2)24-16-25(31(29-24)21-9-7-20(28)8-10-21)27(32)30-14-13-18-5-3-4-6-19(18)17-30/h3-12,15-16H,13-14,17H2,1-2H3. The van der Waals surface area contributed by atoms with Crippen molar-refractivity contribution in [3.63, 3.8) is 0 Å². The molecule has 0 N–H and O–H groups in total. The van der Waals surface area contributed by atoms with Gasteiger partial charge in [-0.3, -0.25) is 4.79 Å². The number of aromatic nitrogens is 2. The molecule has 3 aromatic carbocycles. The molecule has 5 rings (SSSR count). The molecule has 172 valence electrons. The quantitative estimate of drug-likeness (QED) is 0.428. The second kappa shape index (κ2) is 9.02. The van der Waals surface area contributed by atoms with Crippen molar-refractivity contribution < 1.29 is 18.7 Å². The van der Waals surface area contributed by atoms with E-state index < -0.39 is 0 Å². The number of rotatable bonds is 5. The zero-order chi connectivity index (χ0) is 23.7. The molecule has 1 aliphatic heterocycles. The predicted octanol–water partition coefficient (Wildman–Crippen LogP) is 4.89. The van der Waals surface area contributed by atoms with Gasteiger partial charge in [0.25, 0.3) is 5.91 Å². The molecule has 34 heavy (non-hydrogen) atoms. The molecular weight excluding hydrogens is 433 g/mol. The van der Waals surface area contributed by atoms with Crippen LogP contribution in [0.1, 0.15) is 21.6 Å². The fourth-order valence-electron chi connectivity index (χ4n) is 4.29. The third-order valence-corrected chi connectivity index (χ3v) is 6.10. The third-order valence-electron chi connectivity index (χ3n) is 6.10. The molecule has 6 nitrogen and oxygen atoms in total. The number of halogens is 1. The highest BCUT2D eigenvalue weighted by molar-refractivity contribution is 5.94. The van der Waals surface area contributed by atoms with Crippen LogP contribution in [0, 0.1) is 5.82 Å². The summed E-state index contributed by atoms with van der Waals surface area (Å²) in [6.45, 7) is 1.15. The van der Waals surface area contributed by atoms with Gasteiger partial charge in [-0.1, -0.05) is 24.3 Å². The fraction of sp³-hybridized carbons (Fsp3) is 0.185. The van der Waals surface area contributed by atoms with Gasteiger partial charge in [0.1, 0.15) is 23.0 Å². The van der Waals surface area contributed by atoms with Crippen molar-refractivity contribution in [2.75, 3.05) is 20.8 Å². The van der Waals surface area contributed by atoms with Crippen molar-refractivity contribution in [3.8, 4) is 28.4 Å². The summed E-state index contributed by atoms with van der Waals surface area (Å²) < 4.78 is 26.0.